The molecule has 6 nitrogen and oxygen atoms in total. The van der Waals surface area contributed by atoms with Crippen molar-refractivity contribution in [2.75, 3.05) is 24.7 Å². The lowest BCUT2D eigenvalue weighted by molar-refractivity contribution is -0.0909. The minimum absolute atomic E-state index is 0.134. The molecular formula is C23H24N4O2. The second-order valence-corrected chi connectivity index (χ2v) is 8.90. The summed E-state index contributed by atoms with van der Waals surface area (Å²) in [6, 6.07) is 8.45. The zero-order chi connectivity index (χ0) is 19.6. The third-order valence-corrected chi connectivity index (χ3v) is 7.25. The summed E-state index contributed by atoms with van der Waals surface area (Å²) < 4.78 is 12.1. The Morgan fingerprint density at radius 1 is 1.21 bits per heavy atom. The number of anilines is 1. The van der Waals surface area contributed by atoms with Gasteiger partial charge in [0, 0.05) is 24.1 Å². The van der Waals surface area contributed by atoms with E-state index >= 15 is 0 Å². The van der Waals surface area contributed by atoms with Gasteiger partial charge in [-0.05, 0) is 44.2 Å². The normalized spacial score (nSPS) is 26.3. The van der Waals surface area contributed by atoms with Gasteiger partial charge in [0.05, 0.1) is 42.7 Å². The first-order valence-corrected chi connectivity index (χ1v) is 10.5. The first-order valence-electron chi connectivity index (χ1n) is 10.5. The molecule has 1 unspecified atom stereocenters. The van der Waals surface area contributed by atoms with E-state index in [2.05, 4.69) is 17.0 Å². The number of aromatic nitrogens is 2. The fourth-order valence-corrected chi connectivity index (χ4v) is 5.65. The molecule has 4 aliphatic rings. The summed E-state index contributed by atoms with van der Waals surface area (Å²) in [5.74, 6) is 1.84. The van der Waals surface area contributed by atoms with Gasteiger partial charge in [-0.2, -0.15) is 5.26 Å². The summed E-state index contributed by atoms with van der Waals surface area (Å²) in [5.41, 5.74) is 4.97. The van der Waals surface area contributed by atoms with Crippen molar-refractivity contribution in [1.29, 1.82) is 5.26 Å². The molecule has 2 aromatic rings. The quantitative estimate of drug-likeness (QED) is 0.748. The van der Waals surface area contributed by atoms with Crippen molar-refractivity contribution >= 4 is 5.82 Å². The van der Waals surface area contributed by atoms with Gasteiger partial charge in [-0.25, -0.2) is 9.97 Å². The molecule has 0 bridgehead atoms. The van der Waals surface area contributed by atoms with Crippen LogP contribution in [0.25, 0.3) is 0 Å². The standard InChI is InChI=1S/C23H24N4O2/c1-15-25-19-10-23(7-3-6-16-4-2-5-17(11-24)20(16)23)29-12-18(19)21(26-15)27-9-8-22(27)13-28-14-22/h2,4-5H,3,6-10,12-14H2,1H3. The van der Waals surface area contributed by atoms with Crippen LogP contribution in [0.5, 0.6) is 0 Å². The number of ether oxygens (including phenoxy) is 2. The highest BCUT2D eigenvalue weighted by Gasteiger charge is 2.53. The first kappa shape index (κ1) is 17.4. The van der Waals surface area contributed by atoms with E-state index < -0.39 is 5.60 Å². The number of aryl methyl sites for hydroxylation is 2. The molecule has 1 atom stereocenters. The van der Waals surface area contributed by atoms with Crippen LogP contribution in [-0.2, 0) is 34.5 Å². The smallest absolute Gasteiger partial charge is 0.138 e. The summed E-state index contributed by atoms with van der Waals surface area (Å²) in [5, 5.41) is 9.74. The van der Waals surface area contributed by atoms with E-state index in [-0.39, 0.29) is 5.54 Å². The second-order valence-electron chi connectivity index (χ2n) is 8.90. The second kappa shape index (κ2) is 6.01. The molecule has 1 aromatic carbocycles. The maximum absolute atomic E-state index is 9.74. The molecule has 4 heterocycles. The number of hydrogen-bond donors (Lipinski definition) is 0. The maximum Gasteiger partial charge on any atom is 0.138 e. The Kier molecular flexibility index (Phi) is 3.60. The molecule has 0 saturated carbocycles. The largest absolute Gasteiger partial charge is 0.376 e. The summed E-state index contributed by atoms with van der Waals surface area (Å²) in [6.07, 6.45) is 4.88. The van der Waals surface area contributed by atoms with Crippen LogP contribution < -0.4 is 4.90 Å². The fourth-order valence-electron chi connectivity index (χ4n) is 5.65. The lowest BCUT2D eigenvalue weighted by Crippen LogP contribution is -2.71. The minimum atomic E-state index is -0.447. The Balaban J connectivity index is 1.44. The molecule has 6 rings (SSSR count). The molecule has 6 heteroatoms. The van der Waals surface area contributed by atoms with Crippen LogP contribution in [0.15, 0.2) is 18.2 Å². The topological polar surface area (TPSA) is 71.3 Å². The minimum Gasteiger partial charge on any atom is -0.376 e. The number of benzene rings is 1. The van der Waals surface area contributed by atoms with Crippen molar-refractivity contribution in [2.45, 2.75) is 56.8 Å². The number of hydrogen-bond acceptors (Lipinski definition) is 6. The molecule has 2 fully saturated rings. The highest BCUT2D eigenvalue weighted by atomic mass is 16.5. The van der Waals surface area contributed by atoms with Gasteiger partial charge in [-0.3, -0.25) is 0 Å². The Hall–Kier alpha value is -2.49. The number of nitrogens with zero attached hydrogens (tertiary/aromatic N) is 4. The van der Waals surface area contributed by atoms with Crippen LogP contribution in [0.4, 0.5) is 5.82 Å². The first-order chi connectivity index (χ1) is 14.1. The van der Waals surface area contributed by atoms with Crippen LogP contribution in [0.3, 0.4) is 0 Å². The van der Waals surface area contributed by atoms with E-state index in [0.29, 0.717) is 13.0 Å². The summed E-state index contributed by atoms with van der Waals surface area (Å²) in [7, 11) is 0. The monoisotopic (exact) mass is 388 g/mol. The average molecular weight is 388 g/mol. The zero-order valence-corrected chi connectivity index (χ0v) is 16.7. The van der Waals surface area contributed by atoms with Crippen molar-refractivity contribution in [3.8, 4) is 6.07 Å². The van der Waals surface area contributed by atoms with Crippen LogP contribution in [0.1, 0.15) is 53.0 Å². The van der Waals surface area contributed by atoms with Gasteiger partial charge >= 0.3 is 0 Å². The molecule has 3 aliphatic heterocycles. The molecule has 1 aliphatic carbocycles. The molecule has 2 saturated heterocycles. The number of fused-ring (bicyclic) bond motifs is 3. The Morgan fingerprint density at radius 3 is 2.83 bits per heavy atom. The number of rotatable bonds is 1. The fraction of sp³-hybridized carbons (Fsp3) is 0.522. The van der Waals surface area contributed by atoms with Crippen LogP contribution >= 0.6 is 0 Å². The molecule has 148 valence electrons. The van der Waals surface area contributed by atoms with Gasteiger partial charge in [0.1, 0.15) is 17.2 Å². The van der Waals surface area contributed by atoms with Crippen molar-refractivity contribution in [2.24, 2.45) is 0 Å². The van der Waals surface area contributed by atoms with Crippen molar-refractivity contribution < 1.29 is 9.47 Å². The third kappa shape index (κ3) is 2.35. The molecule has 29 heavy (non-hydrogen) atoms. The highest BCUT2D eigenvalue weighted by Crippen LogP contribution is 2.48. The van der Waals surface area contributed by atoms with Crippen molar-refractivity contribution in [1.82, 2.24) is 9.97 Å². The van der Waals surface area contributed by atoms with Crippen LogP contribution in [-0.4, -0.2) is 35.3 Å². The van der Waals surface area contributed by atoms with Crippen molar-refractivity contribution in [3.63, 3.8) is 0 Å². The molecule has 2 spiro atoms. The Labute approximate surface area is 170 Å². The number of nitriles is 1. The van der Waals surface area contributed by atoms with Crippen molar-refractivity contribution in [3.05, 3.63) is 52.0 Å². The lowest BCUT2D eigenvalue weighted by Gasteiger charge is -2.58. The van der Waals surface area contributed by atoms with E-state index in [0.717, 1.165) is 79.5 Å². The summed E-state index contributed by atoms with van der Waals surface area (Å²) >= 11 is 0. The predicted molar refractivity (Wildman–Crippen MR) is 107 cm³/mol. The zero-order valence-electron chi connectivity index (χ0n) is 16.7. The van der Waals surface area contributed by atoms with Crippen LogP contribution in [0, 0.1) is 18.3 Å². The third-order valence-electron chi connectivity index (χ3n) is 7.25. The van der Waals surface area contributed by atoms with E-state index in [9.17, 15) is 5.26 Å². The van der Waals surface area contributed by atoms with Gasteiger partial charge in [0.15, 0.2) is 0 Å². The highest BCUT2D eigenvalue weighted by molar-refractivity contribution is 5.57. The van der Waals surface area contributed by atoms with E-state index in [1.54, 1.807) is 0 Å². The van der Waals surface area contributed by atoms with Gasteiger partial charge in [0.25, 0.3) is 0 Å². The molecule has 1 aromatic heterocycles. The molecule has 0 radical (unpaired) electrons. The Bertz CT molecular complexity index is 1050. The van der Waals surface area contributed by atoms with E-state index in [1.165, 1.54) is 5.56 Å². The van der Waals surface area contributed by atoms with Gasteiger partial charge in [-0.1, -0.05) is 12.1 Å². The van der Waals surface area contributed by atoms with Crippen LogP contribution in [0.2, 0.25) is 0 Å². The van der Waals surface area contributed by atoms with Gasteiger partial charge in [0.2, 0.25) is 0 Å². The maximum atomic E-state index is 9.74. The molecule has 0 N–H and O–H groups in total. The van der Waals surface area contributed by atoms with Gasteiger partial charge < -0.3 is 14.4 Å². The Morgan fingerprint density at radius 2 is 2.10 bits per heavy atom. The molecular weight excluding hydrogens is 364 g/mol. The van der Waals surface area contributed by atoms with E-state index in [4.69, 9.17) is 19.4 Å². The van der Waals surface area contributed by atoms with E-state index in [1.807, 2.05) is 19.1 Å². The summed E-state index contributed by atoms with van der Waals surface area (Å²) in [4.78, 5) is 12.1. The predicted octanol–water partition coefficient (Wildman–Crippen LogP) is 2.94. The lowest BCUT2D eigenvalue weighted by atomic mass is 9.73. The van der Waals surface area contributed by atoms with Gasteiger partial charge in [-0.15, -0.1) is 0 Å². The average Bonchev–Trinajstić information content (AvgIpc) is 2.65. The SMILES string of the molecule is Cc1nc2c(c(N3CCC34COC4)n1)COC1(CCCc3cccc(C#N)c31)C2. The summed E-state index contributed by atoms with van der Waals surface area (Å²) in [6.45, 7) is 5.06. The molecule has 0 amide bonds.